The van der Waals surface area contributed by atoms with Crippen molar-refractivity contribution in [2.75, 3.05) is 31.1 Å². The molecule has 2 aromatic carbocycles. The molecule has 1 N–H and O–H groups in total. The van der Waals surface area contributed by atoms with Crippen molar-refractivity contribution in [3.8, 4) is 5.75 Å². The van der Waals surface area contributed by atoms with Crippen molar-refractivity contribution in [2.24, 2.45) is 0 Å². The number of piperazine rings is 1. The number of aryl methyl sites for hydroxylation is 1. The first kappa shape index (κ1) is 14.9. The summed E-state index contributed by atoms with van der Waals surface area (Å²) in [6.07, 6.45) is 0. The van der Waals surface area contributed by atoms with Crippen LogP contribution in [0.1, 0.15) is 16.7 Å². The molecule has 1 aliphatic rings. The first-order chi connectivity index (χ1) is 10.6. The summed E-state index contributed by atoms with van der Waals surface area (Å²) < 4.78 is 0. The van der Waals surface area contributed by atoms with Gasteiger partial charge >= 0.3 is 0 Å². The number of hydrogen-bond donors (Lipinski definition) is 1. The molecule has 0 aromatic heterocycles. The first-order valence-corrected chi connectivity index (χ1v) is 7.95. The molecular formula is C19H24N2O. The summed E-state index contributed by atoms with van der Waals surface area (Å²) in [7, 11) is 0. The molecule has 3 rings (SSSR count). The van der Waals surface area contributed by atoms with Crippen LogP contribution in [0.5, 0.6) is 5.75 Å². The molecule has 0 amide bonds. The number of rotatable bonds is 3. The summed E-state index contributed by atoms with van der Waals surface area (Å²) in [5.74, 6) is 0.353. The zero-order valence-corrected chi connectivity index (χ0v) is 13.4. The van der Waals surface area contributed by atoms with Crippen molar-refractivity contribution in [2.45, 2.75) is 20.4 Å². The Balaban J connectivity index is 1.62. The lowest BCUT2D eigenvalue weighted by atomic mass is 10.1. The smallest absolute Gasteiger partial charge is 0.115 e. The topological polar surface area (TPSA) is 26.7 Å². The van der Waals surface area contributed by atoms with E-state index in [9.17, 15) is 5.11 Å². The van der Waals surface area contributed by atoms with Crippen molar-refractivity contribution < 1.29 is 5.11 Å². The molecule has 0 aliphatic carbocycles. The number of phenols is 1. The highest BCUT2D eigenvalue weighted by Gasteiger charge is 2.18. The predicted molar refractivity (Wildman–Crippen MR) is 91.5 cm³/mol. The zero-order chi connectivity index (χ0) is 15.5. The van der Waals surface area contributed by atoms with Crippen LogP contribution < -0.4 is 4.90 Å². The number of anilines is 1. The van der Waals surface area contributed by atoms with Gasteiger partial charge in [-0.25, -0.2) is 0 Å². The highest BCUT2D eigenvalue weighted by Crippen LogP contribution is 2.24. The van der Waals surface area contributed by atoms with Crippen molar-refractivity contribution in [1.82, 2.24) is 4.90 Å². The molecule has 1 aliphatic heterocycles. The molecule has 1 saturated heterocycles. The molecule has 0 saturated carbocycles. The minimum atomic E-state index is 0.353. The minimum Gasteiger partial charge on any atom is -0.508 e. The summed E-state index contributed by atoms with van der Waals surface area (Å²) in [6, 6.07) is 14.1. The summed E-state index contributed by atoms with van der Waals surface area (Å²) >= 11 is 0. The fourth-order valence-corrected chi connectivity index (χ4v) is 3.14. The Morgan fingerprint density at radius 2 is 1.68 bits per heavy atom. The number of nitrogens with zero attached hydrogens (tertiary/aromatic N) is 2. The number of hydrogen-bond acceptors (Lipinski definition) is 3. The lowest BCUT2D eigenvalue weighted by Crippen LogP contribution is -2.46. The van der Waals surface area contributed by atoms with Gasteiger partial charge in [0.1, 0.15) is 5.75 Å². The van der Waals surface area contributed by atoms with Crippen LogP contribution in [-0.2, 0) is 6.54 Å². The van der Waals surface area contributed by atoms with Crippen LogP contribution in [0, 0.1) is 13.8 Å². The third-order valence-electron chi connectivity index (χ3n) is 4.61. The van der Waals surface area contributed by atoms with E-state index in [0.29, 0.717) is 5.75 Å². The third-order valence-corrected chi connectivity index (χ3v) is 4.61. The molecule has 0 atom stereocenters. The van der Waals surface area contributed by atoms with E-state index in [2.05, 4.69) is 47.9 Å². The quantitative estimate of drug-likeness (QED) is 0.941. The van der Waals surface area contributed by atoms with Crippen molar-refractivity contribution in [3.63, 3.8) is 0 Å². The van der Waals surface area contributed by atoms with Gasteiger partial charge in [0, 0.05) is 38.4 Å². The molecule has 1 heterocycles. The van der Waals surface area contributed by atoms with E-state index in [1.807, 2.05) is 12.1 Å². The standard InChI is InChI=1S/C19H24N2O/c1-15-5-3-8-19(16(15)2)21-11-9-20(10-12-21)14-17-6-4-7-18(22)13-17/h3-8,13,22H,9-12,14H2,1-2H3. The van der Waals surface area contributed by atoms with Gasteiger partial charge in [-0.1, -0.05) is 24.3 Å². The summed E-state index contributed by atoms with van der Waals surface area (Å²) in [6.45, 7) is 9.54. The van der Waals surface area contributed by atoms with Crippen LogP contribution in [0.25, 0.3) is 0 Å². The molecule has 3 nitrogen and oxygen atoms in total. The van der Waals surface area contributed by atoms with E-state index in [1.165, 1.54) is 22.4 Å². The SMILES string of the molecule is Cc1cccc(N2CCN(Cc3cccc(O)c3)CC2)c1C. The third kappa shape index (κ3) is 3.25. The molecule has 0 radical (unpaired) electrons. The highest BCUT2D eigenvalue weighted by atomic mass is 16.3. The zero-order valence-electron chi connectivity index (χ0n) is 13.4. The van der Waals surface area contributed by atoms with Gasteiger partial charge in [-0.15, -0.1) is 0 Å². The van der Waals surface area contributed by atoms with E-state index in [-0.39, 0.29) is 0 Å². The van der Waals surface area contributed by atoms with Crippen LogP contribution >= 0.6 is 0 Å². The van der Waals surface area contributed by atoms with E-state index >= 15 is 0 Å². The summed E-state index contributed by atoms with van der Waals surface area (Å²) in [5, 5.41) is 9.56. The van der Waals surface area contributed by atoms with Crippen LogP contribution in [0.4, 0.5) is 5.69 Å². The van der Waals surface area contributed by atoms with Crippen LogP contribution in [-0.4, -0.2) is 36.2 Å². The number of benzene rings is 2. The van der Waals surface area contributed by atoms with E-state index in [1.54, 1.807) is 6.07 Å². The Morgan fingerprint density at radius 1 is 0.955 bits per heavy atom. The first-order valence-electron chi connectivity index (χ1n) is 7.95. The Hall–Kier alpha value is -2.00. The minimum absolute atomic E-state index is 0.353. The maximum atomic E-state index is 9.56. The fraction of sp³-hybridized carbons (Fsp3) is 0.368. The molecule has 3 heteroatoms. The molecule has 0 unspecified atom stereocenters. The van der Waals surface area contributed by atoms with Crippen LogP contribution in [0.3, 0.4) is 0 Å². The average molecular weight is 296 g/mol. The maximum Gasteiger partial charge on any atom is 0.115 e. The van der Waals surface area contributed by atoms with Crippen LogP contribution in [0.15, 0.2) is 42.5 Å². The molecule has 0 spiro atoms. The predicted octanol–water partition coefficient (Wildman–Crippen LogP) is 3.33. The fourth-order valence-electron chi connectivity index (χ4n) is 3.14. The monoisotopic (exact) mass is 296 g/mol. The average Bonchev–Trinajstić information content (AvgIpc) is 2.51. The van der Waals surface area contributed by atoms with Gasteiger partial charge in [0.15, 0.2) is 0 Å². The van der Waals surface area contributed by atoms with E-state index in [4.69, 9.17) is 0 Å². The number of aromatic hydroxyl groups is 1. The second-order valence-electron chi connectivity index (χ2n) is 6.15. The molecular weight excluding hydrogens is 272 g/mol. The molecule has 2 aromatic rings. The highest BCUT2D eigenvalue weighted by molar-refractivity contribution is 5.56. The lowest BCUT2D eigenvalue weighted by molar-refractivity contribution is 0.249. The van der Waals surface area contributed by atoms with E-state index < -0.39 is 0 Å². The van der Waals surface area contributed by atoms with Crippen molar-refractivity contribution in [1.29, 1.82) is 0 Å². The van der Waals surface area contributed by atoms with Gasteiger partial charge in [0.2, 0.25) is 0 Å². The van der Waals surface area contributed by atoms with Gasteiger partial charge < -0.3 is 10.0 Å². The normalized spacial score (nSPS) is 16.0. The van der Waals surface area contributed by atoms with Crippen molar-refractivity contribution in [3.05, 3.63) is 59.2 Å². The summed E-state index contributed by atoms with van der Waals surface area (Å²) in [5.41, 5.74) is 5.31. The van der Waals surface area contributed by atoms with Gasteiger partial charge in [0.05, 0.1) is 0 Å². The van der Waals surface area contributed by atoms with Gasteiger partial charge in [-0.05, 0) is 48.7 Å². The summed E-state index contributed by atoms with van der Waals surface area (Å²) in [4.78, 5) is 4.94. The van der Waals surface area contributed by atoms with E-state index in [0.717, 1.165) is 32.7 Å². The van der Waals surface area contributed by atoms with Gasteiger partial charge in [-0.3, -0.25) is 4.90 Å². The second kappa shape index (κ2) is 6.41. The molecule has 0 bridgehead atoms. The largest absolute Gasteiger partial charge is 0.508 e. The van der Waals surface area contributed by atoms with Gasteiger partial charge in [0.25, 0.3) is 0 Å². The Labute approximate surface area is 132 Å². The van der Waals surface area contributed by atoms with Gasteiger partial charge in [-0.2, -0.15) is 0 Å². The Morgan fingerprint density at radius 3 is 2.41 bits per heavy atom. The maximum absolute atomic E-state index is 9.56. The molecule has 116 valence electrons. The molecule has 1 fully saturated rings. The van der Waals surface area contributed by atoms with Crippen molar-refractivity contribution >= 4 is 5.69 Å². The van der Waals surface area contributed by atoms with Crippen LogP contribution in [0.2, 0.25) is 0 Å². The lowest BCUT2D eigenvalue weighted by Gasteiger charge is -2.37. The number of phenolic OH excluding ortho intramolecular Hbond substituents is 1. The Bertz CT molecular complexity index is 646. The molecule has 22 heavy (non-hydrogen) atoms. The second-order valence-corrected chi connectivity index (χ2v) is 6.15. The Kier molecular flexibility index (Phi) is 4.34.